The molecule has 2 N–H and O–H groups in total. The second kappa shape index (κ2) is 7.73. The molecular weight excluding hydrogens is 438 g/mol. The van der Waals surface area contributed by atoms with Gasteiger partial charge in [-0.25, -0.2) is 4.39 Å². The van der Waals surface area contributed by atoms with Crippen LogP contribution in [0.2, 0.25) is 0 Å². The van der Waals surface area contributed by atoms with Crippen molar-refractivity contribution in [3.05, 3.63) is 77.1 Å². The smallest absolute Gasteiger partial charge is 0.419 e. The number of aliphatic hydroxyl groups is 1. The molecule has 4 rings (SSSR count). The van der Waals surface area contributed by atoms with Gasteiger partial charge in [0.05, 0.1) is 13.2 Å². The standard InChI is InChI=1S/C25H23F4NO3/c1-23(2)13-24(32,25(27,28)29)21(17-10-11-18(26)20(33-3)19(17)23)30-22(31)16-9-8-14-6-4-5-7-15(14)12-16/h4-12,21,32H,13H2,1-3H3,(H,30,31)/t21-,24+/m0/s1. The summed E-state index contributed by atoms with van der Waals surface area (Å²) in [7, 11) is 1.22. The molecular formula is C25H23F4NO3. The van der Waals surface area contributed by atoms with Gasteiger partial charge in [0.1, 0.15) is 0 Å². The molecule has 0 spiro atoms. The van der Waals surface area contributed by atoms with Gasteiger partial charge in [0.2, 0.25) is 0 Å². The zero-order valence-electron chi connectivity index (χ0n) is 18.3. The second-order valence-electron chi connectivity index (χ2n) is 9.00. The van der Waals surface area contributed by atoms with Gasteiger partial charge >= 0.3 is 6.18 Å². The van der Waals surface area contributed by atoms with Gasteiger partial charge in [-0.05, 0) is 46.4 Å². The van der Waals surface area contributed by atoms with Gasteiger partial charge in [-0.3, -0.25) is 4.79 Å². The first-order valence-electron chi connectivity index (χ1n) is 10.3. The van der Waals surface area contributed by atoms with E-state index in [4.69, 9.17) is 4.74 Å². The SMILES string of the molecule is COc1c(F)ccc2c1C(C)(C)C[C@](O)(C(F)(F)F)[C@H]2NC(=O)c1ccc2ccccc2c1. The highest BCUT2D eigenvalue weighted by Gasteiger charge is 2.64. The fraction of sp³-hybridized carbons (Fsp3) is 0.320. The van der Waals surface area contributed by atoms with E-state index in [1.165, 1.54) is 27.0 Å². The lowest BCUT2D eigenvalue weighted by molar-refractivity contribution is -0.280. The van der Waals surface area contributed by atoms with Crippen LogP contribution in [0.1, 0.15) is 47.8 Å². The first kappa shape index (κ1) is 23.0. The number of fused-ring (bicyclic) bond motifs is 2. The Bertz CT molecular complexity index is 1240. The van der Waals surface area contributed by atoms with Gasteiger partial charge in [0.15, 0.2) is 17.2 Å². The van der Waals surface area contributed by atoms with E-state index in [1.54, 1.807) is 24.3 Å². The first-order chi connectivity index (χ1) is 15.4. The molecule has 1 aliphatic rings. The monoisotopic (exact) mass is 461 g/mol. The molecule has 0 fully saturated rings. The molecule has 0 heterocycles. The van der Waals surface area contributed by atoms with Crippen LogP contribution < -0.4 is 10.1 Å². The summed E-state index contributed by atoms with van der Waals surface area (Å²) < 4.78 is 62.3. The summed E-state index contributed by atoms with van der Waals surface area (Å²) >= 11 is 0. The zero-order chi connectivity index (χ0) is 24.2. The molecule has 2 atom stereocenters. The maximum Gasteiger partial charge on any atom is 0.419 e. The fourth-order valence-electron chi connectivity index (χ4n) is 4.84. The summed E-state index contributed by atoms with van der Waals surface area (Å²) in [6, 6.07) is 12.3. The van der Waals surface area contributed by atoms with E-state index in [2.05, 4.69) is 5.32 Å². The van der Waals surface area contributed by atoms with Crippen LogP contribution >= 0.6 is 0 Å². The van der Waals surface area contributed by atoms with Crippen LogP contribution in [0.5, 0.6) is 5.75 Å². The van der Waals surface area contributed by atoms with Crippen molar-refractivity contribution in [2.75, 3.05) is 7.11 Å². The minimum atomic E-state index is -5.06. The molecule has 0 saturated heterocycles. The van der Waals surface area contributed by atoms with Gasteiger partial charge in [0.25, 0.3) is 5.91 Å². The highest BCUT2D eigenvalue weighted by molar-refractivity contribution is 5.98. The van der Waals surface area contributed by atoms with Crippen LogP contribution in [0.3, 0.4) is 0 Å². The Morgan fingerprint density at radius 1 is 1.09 bits per heavy atom. The van der Waals surface area contributed by atoms with Gasteiger partial charge in [-0.1, -0.05) is 50.2 Å². The Hall–Kier alpha value is -3.13. The quantitative estimate of drug-likeness (QED) is 0.511. The topological polar surface area (TPSA) is 58.6 Å². The number of hydrogen-bond donors (Lipinski definition) is 2. The van der Waals surface area contributed by atoms with Crippen molar-refractivity contribution in [2.45, 2.75) is 43.5 Å². The minimum absolute atomic E-state index is 0.0431. The highest BCUT2D eigenvalue weighted by Crippen LogP contribution is 2.55. The van der Waals surface area contributed by atoms with Crippen molar-refractivity contribution >= 4 is 16.7 Å². The van der Waals surface area contributed by atoms with Crippen molar-refractivity contribution < 1.29 is 32.2 Å². The third-order valence-corrected chi connectivity index (χ3v) is 6.30. The molecule has 0 unspecified atom stereocenters. The van der Waals surface area contributed by atoms with E-state index >= 15 is 0 Å². The second-order valence-corrected chi connectivity index (χ2v) is 9.00. The van der Waals surface area contributed by atoms with Gasteiger partial charge in [-0.2, -0.15) is 13.2 Å². The molecule has 174 valence electrons. The molecule has 3 aromatic carbocycles. The van der Waals surface area contributed by atoms with E-state index in [1.807, 2.05) is 12.1 Å². The lowest BCUT2D eigenvalue weighted by Crippen LogP contribution is -2.60. The average molecular weight is 461 g/mol. The molecule has 0 aromatic heterocycles. The number of rotatable bonds is 3. The van der Waals surface area contributed by atoms with Crippen molar-refractivity contribution in [1.29, 1.82) is 0 Å². The van der Waals surface area contributed by atoms with E-state index in [-0.39, 0.29) is 22.4 Å². The summed E-state index contributed by atoms with van der Waals surface area (Å²) in [4.78, 5) is 13.1. The van der Waals surface area contributed by atoms with Gasteiger partial charge in [-0.15, -0.1) is 0 Å². The Morgan fingerprint density at radius 3 is 2.39 bits per heavy atom. The summed E-state index contributed by atoms with van der Waals surface area (Å²) in [5, 5.41) is 15.0. The Balaban J connectivity index is 1.85. The van der Waals surface area contributed by atoms with Crippen molar-refractivity contribution in [1.82, 2.24) is 5.32 Å². The fourth-order valence-corrected chi connectivity index (χ4v) is 4.84. The summed E-state index contributed by atoms with van der Waals surface area (Å²) in [6.45, 7) is 2.96. The minimum Gasteiger partial charge on any atom is -0.493 e. The average Bonchev–Trinajstić information content (AvgIpc) is 2.75. The lowest BCUT2D eigenvalue weighted by atomic mass is 9.63. The Morgan fingerprint density at radius 2 is 1.76 bits per heavy atom. The number of carbonyl (C=O) groups is 1. The molecule has 8 heteroatoms. The van der Waals surface area contributed by atoms with E-state index in [0.717, 1.165) is 22.9 Å². The lowest BCUT2D eigenvalue weighted by Gasteiger charge is -2.49. The van der Waals surface area contributed by atoms with Crippen LogP contribution in [-0.2, 0) is 5.41 Å². The van der Waals surface area contributed by atoms with Crippen molar-refractivity contribution in [3.63, 3.8) is 0 Å². The molecule has 1 aliphatic carbocycles. The van der Waals surface area contributed by atoms with E-state index < -0.39 is 41.4 Å². The molecule has 0 radical (unpaired) electrons. The number of methoxy groups -OCH3 is 1. The molecule has 0 saturated carbocycles. The summed E-state index contributed by atoms with van der Waals surface area (Å²) in [6.07, 6.45) is -5.86. The van der Waals surface area contributed by atoms with Crippen LogP contribution in [0, 0.1) is 5.82 Å². The predicted octanol–water partition coefficient (Wildman–Crippen LogP) is 5.43. The number of carbonyl (C=O) groups excluding carboxylic acids is 1. The summed E-state index contributed by atoms with van der Waals surface area (Å²) in [5.41, 5.74) is -4.30. The number of alkyl halides is 3. The normalized spacial score (nSPS) is 22.0. The largest absolute Gasteiger partial charge is 0.493 e. The Kier molecular flexibility index (Phi) is 5.40. The third kappa shape index (κ3) is 3.72. The Labute approximate surface area is 188 Å². The zero-order valence-corrected chi connectivity index (χ0v) is 18.3. The highest BCUT2D eigenvalue weighted by atomic mass is 19.4. The third-order valence-electron chi connectivity index (χ3n) is 6.30. The van der Waals surface area contributed by atoms with Crippen LogP contribution in [-0.4, -0.2) is 29.9 Å². The number of benzene rings is 3. The van der Waals surface area contributed by atoms with Crippen LogP contribution in [0.15, 0.2) is 54.6 Å². The predicted molar refractivity (Wildman–Crippen MR) is 116 cm³/mol. The van der Waals surface area contributed by atoms with Crippen LogP contribution in [0.25, 0.3) is 10.8 Å². The van der Waals surface area contributed by atoms with E-state index in [0.29, 0.717) is 0 Å². The molecule has 0 aliphatic heterocycles. The maximum atomic E-state index is 14.5. The van der Waals surface area contributed by atoms with Crippen molar-refractivity contribution in [3.8, 4) is 5.75 Å². The molecule has 0 bridgehead atoms. The summed E-state index contributed by atoms with van der Waals surface area (Å²) in [5.74, 6) is -1.73. The van der Waals surface area contributed by atoms with Gasteiger partial charge < -0.3 is 15.2 Å². The number of amides is 1. The number of nitrogens with one attached hydrogen (secondary N) is 1. The molecule has 1 amide bonds. The number of hydrogen-bond acceptors (Lipinski definition) is 3. The van der Waals surface area contributed by atoms with Crippen LogP contribution in [0.4, 0.5) is 17.6 Å². The molecule has 3 aromatic rings. The molecule has 33 heavy (non-hydrogen) atoms. The molecule has 4 nitrogen and oxygen atoms in total. The van der Waals surface area contributed by atoms with E-state index in [9.17, 15) is 27.5 Å². The first-order valence-corrected chi connectivity index (χ1v) is 10.3. The van der Waals surface area contributed by atoms with Gasteiger partial charge in [0, 0.05) is 11.1 Å². The number of ether oxygens (including phenoxy) is 1. The maximum absolute atomic E-state index is 14.5. The number of halogens is 4. The van der Waals surface area contributed by atoms with Crippen molar-refractivity contribution in [2.24, 2.45) is 0 Å².